The van der Waals surface area contributed by atoms with Gasteiger partial charge < -0.3 is 5.11 Å². The van der Waals surface area contributed by atoms with E-state index in [-0.39, 0.29) is 5.57 Å². The van der Waals surface area contributed by atoms with Crippen LogP contribution in [-0.4, -0.2) is 23.7 Å². The second-order valence-corrected chi connectivity index (χ2v) is 2.91. The second kappa shape index (κ2) is 8.68. The molecule has 0 aliphatic heterocycles. The molecule has 0 saturated heterocycles. The number of carbonyl (C=O) groups excluding carboxylic acids is 1. The van der Waals surface area contributed by atoms with Gasteiger partial charge >= 0.3 is 5.97 Å². The van der Waals surface area contributed by atoms with Gasteiger partial charge in [-0.15, -0.1) is 0 Å². The maximum atomic E-state index is 9.60. The Labute approximate surface area is 78.0 Å². The molecule has 4 nitrogen and oxygen atoms in total. The second-order valence-electron chi connectivity index (χ2n) is 2.91. The van der Waals surface area contributed by atoms with Gasteiger partial charge in [0, 0.05) is 5.57 Å². The third kappa shape index (κ3) is 18.0. The van der Waals surface area contributed by atoms with Crippen LogP contribution in [0.3, 0.4) is 0 Å². The fourth-order valence-electron chi connectivity index (χ4n) is 0.220. The fraction of sp³-hybridized carbons (Fsp3) is 0.556. The molecule has 4 heteroatoms. The minimum Gasteiger partial charge on any atom is -0.478 e. The van der Waals surface area contributed by atoms with Gasteiger partial charge in [0.25, 0.3) is 0 Å². The lowest BCUT2D eigenvalue weighted by molar-refractivity contribution is -0.132. The van der Waals surface area contributed by atoms with Crippen molar-refractivity contribution in [1.82, 2.24) is 0 Å². The molecule has 0 rings (SSSR count). The van der Waals surface area contributed by atoms with E-state index in [9.17, 15) is 9.59 Å². The minimum atomic E-state index is -0.935. The number of nitrogens with zero attached hydrogens (tertiary/aromatic N) is 1. The first-order chi connectivity index (χ1) is 5.91. The number of rotatable bonds is 3. The molecule has 0 bridgehead atoms. The molecule has 0 aromatic carbocycles. The van der Waals surface area contributed by atoms with E-state index in [1.807, 2.05) is 13.8 Å². The van der Waals surface area contributed by atoms with Gasteiger partial charge in [0.05, 0.1) is 6.54 Å². The van der Waals surface area contributed by atoms with E-state index in [0.29, 0.717) is 12.5 Å². The van der Waals surface area contributed by atoms with Crippen molar-refractivity contribution < 1.29 is 14.7 Å². The molecule has 13 heavy (non-hydrogen) atoms. The van der Waals surface area contributed by atoms with Crippen LogP contribution >= 0.6 is 0 Å². The van der Waals surface area contributed by atoms with Crippen molar-refractivity contribution in [2.45, 2.75) is 20.8 Å². The van der Waals surface area contributed by atoms with Crippen LogP contribution in [0.25, 0.3) is 0 Å². The zero-order valence-electron chi connectivity index (χ0n) is 8.20. The van der Waals surface area contributed by atoms with Crippen LogP contribution in [0.15, 0.2) is 17.1 Å². The molecule has 0 aromatic heterocycles. The van der Waals surface area contributed by atoms with Gasteiger partial charge in [0.1, 0.15) is 0 Å². The molecule has 0 unspecified atom stereocenters. The number of aliphatic imine (C=N–C) groups is 1. The highest BCUT2D eigenvalue weighted by atomic mass is 16.4. The Morgan fingerprint density at radius 2 is 2.00 bits per heavy atom. The SMILES string of the molecule is C=C(C)C(=O)O.CC(C)CN=C=O. The molecule has 0 heterocycles. The summed E-state index contributed by atoms with van der Waals surface area (Å²) in [4.78, 5) is 22.4. The first-order valence-electron chi connectivity index (χ1n) is 3.84. The first-order valence-corrected chi connectivity index (χ1v) is 3.84. The van der Waals surface area contributed by atoms with Crippen molar-refractivity contribution >= 4 is 12.0 Å². The Bertz CT molecular complexity index is 203. The first kappa shape index (κ1) is 14.1. The molecule has 0 aliphatic rings. The van der Waals surface area contributed by atoms with Gasteiger partial charge in [-0.3, -0.25) is 0 Å². The summed E-state index contributed by atoms with van der Waals surface area (Å²) in [5.41, 5.74) is 0.176. The molecule has 0 aliphatic carbocycles. The highest BCUT2D eigenvalue weighted by Gasteiger charge is 1.90. The van der Waals surface area contributed by atoms with E-state index in [1.54, 1.807) is 0 Å². The fourth-order valence-corrected chi connectivity index (χ4v) is 0.220. The van der Waals surface area contributed by atoms with Gasteiger partial charge in [0.2, 0.25) is 6.08 Å². The maximum absolute atomic E-state index is 9.60. The lowest BCUT2D eigenvalue weighted by Gasteiger charge is -1.90. The predicted molar refractivity (Wildman–Crippen MR) is 50.3 cm³/mol. The summed E-state index contributed by atoms with van der Waals surface area (Å²) in [6.45, 7) is 9.20. The third-order valence-corrected chi connectivity index (χ3v) is 0.886. The summed E-state index contributed by atoms with van der Waals surface area (Å²) in [6, 6.07) is 0. The zero-order chi connectivity index (χ0) is 10.9. The standard InChI is InChI=1S/C5H9NO.C4H6O2/c1-5(2)3-6-4-7;1-3(2)4(5)6/h5H,3H2,1-2H3;1H2,2H3,(H,5,6). The Morgan fingerprint density at radius 1 is 1.62 bits per heavy atom. The van der Waals surface area contributed by atoms with Crippen LogP contribution < -0.4 is 0 Å². The highest BCUT2D eigenvalue weighted by Crippen LogP contribution is 1.88. The molecule has 0 atom stereocenters. The van der Waals surface area contributed by atoms with Crippen LogP contribution in [0, 0.1) is 5.92 Å². The topological polar surface area (TPSA) is 66.7 Å². The summed E-state index contributed by atoms with van der Waals surface area (Å²) in [5.74, 6) is -0.462. The Kier molecular flexibility index (Phi) is 9.44. The normalized spacial score (nSPS) is 8.00. The van der Waals surface area contributed by atoms with Crippen molar-refractivity contribution in [2.24, 2.45) is 10.9 Å². The molecule has 0 saturated carbocycles. The molecular formula is C9H15NO3. The van der Waals surface area contributed by atoms with Crippen molar-refractivity contribution in [3.63, 3.8) is 0 Å². The lowest BCUT2D eigenvalue weighted by atomic mass is 10.2. The quantitative estimate of drug-likeness (QED) is 0.412. The van der Waals surface area contributed by atoms with Gasteiger partial charge in [-0.25, -0.2) is 14.6 Å². The molecule has 0 spiro atoms. The third-order valence-electron chi connectivity index (χ3n) is 0.886. The van der Waals surface area contributed by atoms with Gasteiger partial charge in [-0.2, -0.15) is 0 Å². The zero-order valence-corrected chi connectivity index (χ0v) is 8.20. The van der Waals surface area contributed by atoms with E-state index in [0.717, 1.165) is 0 Å². The number of isocyanates is 1. The van der Waals surface area contributed by atoms with Crippen LogP contribution in [0.2, 0.25) is 0 Å². The van der Waals surface area contributed by atoms with E-state index < -0.39 is 5.97 Å². The molecule has 0 radical (unpaired) electrons. The number of carbonyl (C=O) groups is 1. The molecule has 1 N–H and O–H groups in total. The Hall–Kier alpha value is -1.41. The molecule has 0 aromatic rings. The predicted octanol–water partition coefficient (Wildman–Crippen LogP) is 1.63. The monoisotopic (exact) mass is 185 g/mol. The van der Waals surface area contributed by atoms with Gasteiger partial charge in [-0.05, 0) is 12.8 Å². The summed E-state index contributed by atoms with van der Waals surface area (Å²) in [7, 11) is 0. The van der Waals surface area contributed by atoms with Gasteiger partial charge in [0.15, 0.2) is 0 Å². The van der Waals surface area contributed by atoms with Crippen molar-refractivity contribution in [3.8, 4) is 0 Å². The summed E-state index contributed by atoms with van der Waals surface area (Å²) in [6.07, 6.45) is 1.47. The average molecular weight is 185 g/mol. The van der Waals surface area contributed by atoms with E-state index in [1.165, 1.54) is 13.0 Å². The molecule has 0 amide bonds. The Balaban J connectivity index is 0. The molecule has 74 valence electrons. The maximum Gasteiger partial charge on any atom is 0.330 e. The number of hydrogen-bond acceptors (Lipinski definition) is 3. The largest absolute Gasteiger partial charge is 0.478 e. The summed E-state index contributed by atoms with van der Waals surface area (Å²) >= 11 is 0. The summed E-state index contributed by atoms with van der Waals surface area (Å²) < 4.78 is 0. The van der Waals surface area contributed by atoms with Crippen LogP contribution in [0.4, 0.5) is 0 Å². The van der Waals surface area contributed by atoms with E-state index >= 15 is 0 Å². The van der Waals surface area contributed by atoms with Crippen molar-refractivity contribution in [1.29, 1.82) is 0 Å². The summed E-state index contributed by atoms with van der Waals surface area (Å²) in [5, 5.41) is 7.89. The van der Waals surface area contributed by atoms with Gasteiger partial charge in [-0.1, -0.05) is 20.4 Å². The van der Waals surface area contributed by atoms with Crippen LogP contribution in [-0.2, 0) is 9.59 Å². The number of aliphatic carboxylic acids is 1. The van der Waals surface area contributed by atoms with Crippen LogP contribution in [0.5, 0.6) is 0 Å². The van der Waals surface area contributed by atoms with E-state index in [4.69, 9.17) is 5.11 Å². The van der Waals surface area contributed by atoms with E-state index in [2.05, 4.69) is 11.6 Å². The smallest absolute Gasteiger partial charge is 0.330 e. The van der Waals surface area contributed by atoms with Crippen molar-refractivity contribution in [2.75, 3.05) is 6.54 Å². The lowest BCUT2D eigenvalue weighted by Crippen LogP contribution is -1.92. The molecule has 0 fully saturated rings. The van der Waals surface area contributed by atoms with Crippen LogP contribution in [0.1, 0.15) is 20.8 Å². The number of carboxylic acid groups (broad SMARTS) is 1. The molecular weight excluding hydrogens is 170 g/mol. The average Bonchev–Trinajstić information content (AvgIpc) is 2.01. The highest BCUT2D eigenvalue weighted by molar-refractivity contribution is 5.84. The van der Waals surface area contributed by atoms with Crippen molar-refractivity contribution in [3.05, 3.63) is 12.2 Å². The Morgan fingerprint density at radius 3 is 2.08 bits per heavy atom. The number of carboxylic acids is 1. The minimum absolute atomic E-state index is 0.176. The number of hydrogen-bond donors (Lipinski definition) is 1.